The molecule has 2 aromatic carbocycles. The summed E-state index contributed by atoms with van der Waals surface area (Å²) in [6.07, 6.45) is 0.790. The highest BCUT2D eigenvalue weighted by Crippen LogP contribution is 2.32. The molecule has 1 unspecified atom stereocenters. The summed E-state index contributed by atoms with van der Waals surface area (Å²) in [5.74, 6) is -0.809. The lowest BCUT2D eigenvalue weighted by Crippen LogP contribution is -2.35. The van der Waals surface area contributed by atoms with Gasteiger partial charge in [-0.2, -0.15) is 0 Å². The van der Waals surface area contributed by atoms with Crippen molar-refractivity contribution in [2.45, 2.75) is 31.2 Å². The predicted octanol–water partition coefficient (Wildman–Crippen LogP) is 4.55. The van der Waals surface area contributed by atoms with Crippen molar-refractivity contribution in [1.82, 2.24) is 4.90 Å². The lowest BCUT2D eigenvalue weighted by atomic mass is 10.1. The van der Waals surface area contributed by atoms with Crippen LogP contribution >= 0.6 is 27.7 Å². The number of nitrogens with zero attached hydrogens (tertiary/aromatic N) is 2. The van der Waals surface area contributed by atoms with E-state index < -0.39 is 10.8 Å². The minimum Gasteiger partial charge on any atom is -0.366 e. The number of carbonyl (C=O) groups is 2. The van der Waals surface area contributed by atoms with Gasteiger partial charge in [-0.05, 0) is 37.1 Å². The Bertz CT molecular complexity index is 922. The van der Waals surface area contributed by atoms with Crippen LogP contribution in [0.1, 0.15) is 42.2 Å². The molecule has 0 fully saturated rings. The summed E-state index contributed by atoms with van der Waals surface area (Å²) < 4.78 is 0.923. The average molecular weight is 480 g/mol. The van der Waals surface area contributed by atoms with E-state index in [1.807, 2.05) is 38.1 Å². The number of benzene rings is 2. The molecule has 0 radical (unpaired) electrons. The normalized spacial score (nSPS) is 11.7. The number of rotatable bonds is 9. The second kappa shape index (κ2) is 10.4. The summed E-state index contributed by atoms with van der Waals surface area (Å²) in [5, 5.41) is 11.3. The van der Waals surface area contributed by atoms with Gasteiger partial charge in [-0.25, -0.2) is 0 Å². The molecule has 0 aliphatic rings. The van der Waals surface area contributed by atoms with Crippen molar-refractivity contribution in [3.8, 4) is 0 Å². The molecule has 0 saturated heterocycles. The highest BCUT2D eigenvalue weighted by Gasteiger charge is 2.24. The van der Waals surface area contributed by atoms with Gasteiger partial charge >= 0.3 is 0 Å². The summed E-state index contributed by atoms with van der Waals surface area (Å²) in [6.45, 7) is 4.53. The number of nitro groups is 1. The maximum absolute atomic E-state index is 12.9. The molecular formula is C20H22BrN3O4S. The van der Waals surface area contributed by atoms with Crippen molar-refractivity contribution in [2.75, 3.05) is 12.3 Å². The topological polar surface area (TPSA) is 107 Å². The minimum atomic E-state index is -0.739. The van der Waals surface area contributed by atoms with Gasteiger partial charge in [0.05, 0.1) is 21.6 Å². The van der Waals surface area contributed by atoms with E-state index in [1.54, 1.807) is 4.90 Å². The van der Waals surface area contributed by atoms with Gasteiger partial charge in [0.15, 0.2) is 0 Å². The number of carbonyl (C=O) groups excluding carboxylic acids is 2. The van der Waals surface area contributed by atoms with E-state index in [-0.39, 0.29) is 29.0 Å². The summed E-state index contributed by atoms with van der Waals surface area (Å²) in [4.78, 5) is 37.1. The van der Waals surface area contributed by atoms with Crippen molar-refractivity contribution in [1.29, 1.82) is 0 Å². The van der Waals surface area contributed by atoms with Gasteiger partial charge in [0.2, 0.25) is 11.8 Å². The van der Waals surface area contributed by atoms with Gasteiger partial charge in [-0.15, -0.1) is 11.8 Å². The molecule has 7 nitrogen and oxygen atoms in total. The SMILES string of the molecule is CCCN(C(=O)CSc1ccc(C(N)=O)cc1[N+](=O)[O-])C(C)c1ccccc1Br. The predicted molar refractivity (Wildman–Crippen MR) is 117 cm³/mol. The first-order valence-electron chi connectivity index (χ1n) is 9.01. The molecule has 1 atom stereocenters. The molecule has 29 heavy (non-hydrogen) atoms. The van der Waals surface area contributed by atoms with Crippen molar-refractivity contribution in [2.24, 2.45) is 5.73 Å². The lowest BCUT2D eigenvalue weighted by molar-refractivity contribution is -0.387. The zero-order valence-electron chi connectivity index (χ0n) is 16.1. The molecule has 2 amide bonds. The molecule has 0 bridgehead atoms. The second-order valence-electron chi connectivity index (χ2n) is 6.38. The maximum Gasteiger partial charge on any atom is 0.283 e. The summed E-state index contributed by atoms with van der Waals surface area (Å²) in [7, 11) is 0. The van der Waals surface area contributed by atoms with Crippen LogP contribution in [-0.2, 0) is 4.79 Å². The first kappa shape index (κ1) is 22.9. The second-order valence-corrected chi connectivity index (χ2v) is 8.25. The molecule has 154 valence electrons. The number of hydrogen-bond donors (Lipinski definition) is 1. The third kappa shape index (κ3) is 5.80. The van der Waals surface area contributed by atoms with Crippen LogP contribution in [-0.4, -0.2) is 33.9 Å². The Hall–Kier alpha value is -2.39. The fourth-order valence-corrected chi connectivity index (χ4v) is 4.42. The van der Waals surface area contributed by atoms with Crippen molar-refractivity contribution in [3.05, 3.63) is 68.2 Å². The van der Waals surface area contributed by atoms with E-state index in [9.17, 15) is 19.7 Å². The fraction of sp³-hybridized carbons (Fsp3) is 0.300. The van der Waals surface area contributed by atoms with Gasteiger partial charge in [0.25, 0.3) is 5.69 Å². The van der Waals surface area contributed by atoms with Crippen molar-refractivity contribution < 1.29 is 14.5 Å². The molecule has 0 saturated carbocycles. The summed E-state index contributed by atoms with van der Waals surface area (Å²) in [5.41, 5.74) is 6.01. The number of hydrogen-bond acceptors (Lipinski definition) is 5. The molecule has 0 aromatic heterocycles. The summed E-state index contributed by atoms with van der Waals surface area (Å²) in [6, 6.07) is 11.6. The zero-order valence-corrected chi connectivity index (χ0v) is 18.5. The maximum atomic E-state index is 12.9. The molecular weight excluding hydrogens is 458 g/mol. The monoisotopic (exact) mass is 479 g/mol. The Morgan fingerprint density at radius 1 is 1.28 bits per heavy atom. The van der Waals surface area contributed by atoms with E-state index in [0.29, 0.717) is 11.4 Å². The van der Waals surface area contributed by atoms with E-state index in [0.717, 1.165) is 34.3 Å². The van der Waals surface area contributed by atoms with E-state index in [4.69, 9.17) is 5.73 Å². The average Bonchev–Trinajstić information content (AvgIpc) is 2.69. The van der Waals surface area contributed by atoms with E-state index >= 15 is 0 Å². The molecule has 2 aromatic rings. The first-order chi connectivity index (χ1) is 13.8. The van der Waals surface area contributed by atoms with Crippen molar-refractivity contribution >= 4 is 45.2 Å². The van der Waals surface area contributed by atoms with Crippen LogP contribution in [0.15, 0.2) is 51.8 Å². The van der Waals surface area contributed by atoms with Crippen LogP contribution in [0, 0.1) is 10.1 Å². The molecule has 0 spiro atoms. The van der Waals surface area contributed by atoms with Crippen LogP contribution in [0.4, 0.5) is 5.69 Å². The molecule has 0 aliphatic heterocycles. The van der Waals surface area contributed by atoms with E-state index in [2.05, 4.69) is 15.9 Å². The number of thioether (sulfide) groups is 1. The zero-order chi connectivity index (χ0) is 21.6. The van der Waals surface area contributed by atoms with Gasteiger partial charge < -0.3 is 10.6 Å². The molecule has 2 N–H and O–H groups in total. The van der Waals surface area contributed by atoms with Gasteiger partial charge in [-0.3, -0.25) is 19.7 Å². The quantitative estimate of drug-likeness (QED) is 0.322. The summed E-state index contributed by atoms with van der Waals surface area (Å²) >= 11 is 4.61. The third-order valence-corrected chi connectivity index (χ3v) is 6.17. The number of nitro benzene ring substituents is 1. The fourth-order valence-electron chi connectivity index (χ4n) is 2.91. The van der Waals surface area contributed by atoms with Crippen LogP contribution in [0.25, 0.3) is 0 Å². The standard InChI is InChI=1S/C20H22BrN3O4S/c1-3-10-23(13(2)15-6-4-5-7-16(15)21)19(25)12-29-18-9-8-14(20(22)26)11-17(18)24(27)28/h4-9,11,13H,3,10,12H2,1-2H3,(H2,22,26). The highest BCUT2D eigenvalue weighted by molar-refractivity contribution is 9.10. The Labute approximate surface area is 181 Å². The Balaban J connectivity index is 2.20. The minimum absolute atomic E-state index is 0.0472. The van der Waals surface area contributed by atoms with Crippen LogP contribution in [0.5, 0.6) is 0 Å². The Morgan fingerprint density at radius 3 is 2.55 bits per heavy atom. The number of halogens is 1. The molecule has 0 heterocycles. The largest absolute Gasteiger partial charge is 0.366 e. The number of primary amides is 1. The molecule has 9 heteroatoms. The van der Waals surface area contributed by atoms with Gasteiger partial charge in [0, 0.05) is 22.6 Å². The highest BCUT2D eigenvalue weighted by atomic mass is 79.9. The third-order valence-electron chi connectivity index (χ3n) is 4.40. The lowest BCUT2D eigenvalue weighted by Gasteiger charge is -2.30. The van der Waals surface area contributed by atoms with Crippen LogP contribution < -0.4 is 5.73 Å². The molecule has 0 aliphatic carbocycles. The van der Waals surface area contributed by atoms with Gasteiger partial charge in [-0.1, -0.05) is 41.1 Å². The smallest absolute Gasteiger partial charge is 0.283 e. The number of amides is 2. The first-order valence-corrected chi connectivity index (χ1v) is 10.8. The van der Waals surface area contributed by atoms with E-state index in [1.165, 1.54) is 12.1 Å². The van der Waals surface area contributed by atoms with Gasteiger partial charge in [0.1, 0.15) is 0 Å². The Kier molecular flexibility index (Phi) is 8.21. The number of nitrogens with two attached hydrogens (primary N) is 1. The molecule has 2 rings (SSSR count). The van der Waals surface area contributed by atoms with Crippen molar-refractivity contribution in [3.63, 3.8) is 0 Å². The van der Waals surface area contributed by atoms with Crippen LogP contribution in [0.2, 0.25) is 0 Å². The van der Waals surface area contributed by atoms with Crippen LogP contribution in [0.3, 0.4) is 0 Å². The Morgan fingerprint density at radius 2 is 1.97 bits per heavy atom.